The molecule has 0 rings (SSSR count). The number of carbonyl (C=O) groups excluding carboxylic acids is 1. The molecule has 98 valence electrons. The van der Waals surface area contributed by atoms with Gasteiger partial charge >= 0.3 is 37.4 Å². The number of rotatable bonds is 7. The van der Waals surface area contributed by atoms with Crippen molar-refractivity contribution in [3.63, 3.8) is 0 Å². The standard InChI is InChI=1S/C6H13O9P.Na.H/c7-1-3(8)5(10)6(11)4(9)2-15-16(12,13)14;;/h1,3-6,8-11H,2H2,(H2,12,13,14);;/q;+1;-1/t3-,4+,5+,6+;;/m0../s1. The molecule has 0 bridgehead atoms. The maximum Gasteiger partial charge on any atom is 1.00 e. The van der Waals surface area contributed by atoms with E-state index in [0.29, 0.717) is 0 Å². The first-order valence-corrected chi connectivity index (χ1v) is 5.59. The van der Waals surface area contributed by atoms with E-state index in [4.69, 9.17) is 30.2 Å². The van der Waals surface area contributed by atoms with Crippen LogP contribution in [0, 0.1) is 0 Å². The largest absolute Gasteiger partial charge is 1.00 e. The van der Waals surface area contributed by atoms with Crippen LogP contribution in [0.25, 0.3) is 0 Å². The Morgan fingerprint density at radius 3 is 2.00 bits per heavy atom. The van der Waals surface area contributed by atoms with Crippen molar-refractivity contribution in [3.05, 3.63) is 0 Å². The molecule has 4 atom stereocenters. The van der Waals surface area contributed by atoms with Crippen LogP contribution in [0.1, 0.15) is 1.43 Å². The summed E-state index contributed by atoms with van der Waals surface area (Å²) >= 11 is 0. The second-order valence-electron chi connectivity index (χ2n) is 2.96. The summed E-state index contributed by atoms with van der Waals surface area (Å²) in [6.07, 6.45) is -7.80. The molecule has 11 heteroatoms. The molecule has 0 unspecified atom stereocenters. The number of aliphatic hydroxyl groups is 4. The zero-order chi connectivity index (χ0) is 12.9. The van der Waals surface area contributed by atoms with Gasteiger partial charge in [-0.15, -0.1) is 0 Å². The second-order valence-corrected chi connectivity index (χ2v) is 4.20. The van der Waals surface area contributed by atoms with E-state index in [2.05, 4.69) is 4.52 Å². The van der Waals surface area contributed by atoms with E-state index in [-0.39, 0.29) is 37.3 Å². The third kappa shape index (κ3) is 8.36. The molecule has 9 nitrogen and oxygen atoms in total. The van der Waals surface area contributed by atoms with E-state index in [1.54, 1.807) is 0 Å². The van der Waals surface area contributed by atoms with Crippen molar-refractivity contribution in [1.29, 1.82) is 0 Å². The van der Waals surface area contributed by atoms with Gasteiger partial charge in [0.05, 0.1) is 6.61 Å². The molecule has 6 N–H and O–H groups in total. The molecule has 0 aliphatic heterocycles. The van der Waals surface area contributed by atoms with Crippen LogP contribution in [-0.4, -0.2) is 67.5 Å². The second kappa shape index (κ2) is 8.68. The molecule has 0 aliphatic rings. The van der Waals surface area contributed by atoms with Crippen molar-refractivity contribution in [3.8, 4) is 0 Å². The molecular weight excluding hydrogens is 270 g/mol. The molecule has 0 amide bonds. The molecule has 0 aliphatic carbocycles. The number of phosphoric acid groups is 1. The molecule has 17 heavy (non-hydrogen) atoms. The minimum absolute atomic E-state index is 0. The summed E-state index contributed by atoms with van der Waals surface area (Å²) in [6, 6.07) is 0. The monoisotopic (exact) mass is 284 g/mol. The zero-order valence-corrected chi connectivity index (χ0v) is 11.8. The fourth-order valence-corrected chi connectivity index (χ4v) is 1.13. The Labute approximate surface area is 120 Å². The van der Waals surface area contributed by atoms with Crippen molar-refractivity contribution in [2.24, 2.45) is 0 Å². The summed E-state index contributed by atoms with van der Waals surface area (Å²) in [5, 5.41) is 36.1. The smallest absolute Gasteiger partial charge is 1.00 e. The van der Waals surface area contributed by atoms with Crippen molar-refractivity contribution in [1.82, 2.24) is 0 Å². The first-order chi connectivity index (χ1) is 7.19. The van der Waals surface area contributed by atoms with Crippen LogP contribution in [0.4, 0.5) is 0 Å². The number of hydrogen-bond acceptors (Lipinski definition) is 7. The van der Waals surface area contributed by atoms with E-state index in [9.17, 15) is 9.36 Å². The summed E-state index contributed by atoms with van der Waals surface area (Å²) < 4.78 is 14.1. The Balaban J connectivity index is -0.00000112. The van der Waals surface area contributed by atoms with E-state index >= 15 is 0 Å². The van der Waals surface area contributed by atoms with Gasteiger partial charge < -0.3 is 36.4 Å². The van der Waals surface area contributed by atoms with E-state index in [0.717, 1.165) is 0 Å². The summed E-state index contributed by atoms with van der Waals surface area (Å²) in [6.45, 7) is -0.964. The van der Waals surface area contributed by atoms with Crippen LogP contribution >= 0.6 is 7.82 Å². The molecule has 0 radical (unpaired) electrons. The van der Waals surface area contributed by atoms with E-state index in [1.165, 1.54) is 0 Å². The van der Waals surface area contributed by atoms with Gasteiger partial charge in [-0.25, -0.2) is 4.57 Å². The average molecular weight is 284 g/mol. The van der Waals surface area contributed by atoms with Crippen LogP contribution < -0.4 is 29.6 Å². The first-order valence-electron chi connectivity index (χ1n) is 4.06. The number of carbonyl (C=O) groups is 1. The molecule has 0 saturated heterocycles. The predicted octanol–water partition coefficient (Wildman–Crippen LogP) is -6.15. The van der Waals surface area contributed by atoms with Gasteiger partial charge in [0, 0.05) is 0 Å². The first kappa shape index (κ1) is 19.9. The molecule has 0 aromatic rings. The number of aldehydes is 1. The SMILES string of the molecule is O=C[C@H](O)[C@@H](O)[C@H](O)[C@H](O)COP(=O)(O)O.[H-].[Na+]. The van der Waals surface area contributed by atoms with Crippen LogP contribution in [0.5, 0.6) is 0 Å². The van der Waals surface area contributed by atoms with Crippen LogP contribution in [0.2, 0.25) is 0 Å². The van der Waals surface area contributed by atoms with Gasteiger partial charge in [0.15, 0.2) is 6.29 Å². The minimum Gasteiger partial charge on any atom is -1.00 e. The number of phosphoric ester groups is 1. The summed E-state index contributed by atoms with van der Waals surface area (Å²) in [4.78, 5) is 26.6. The number of aliphatic hydroxyl groups excluding tert-OH is 4. The van der Waals surface area contributed by atoms with Crippen molar-refractivity contribution in [2.45, 2.75) is 24.4 Å². The fourth-order valence-electron chi connectivity index (χ4n) is 0.782. The number of hydrogen-bond donors (Lipinski definition) is 6. The Bertz CT molecular complexity index is 274. The Kier molecular flexibility index (Phi) is 10.2. The molecule has 0 aromatic carbocycles. The quantitative estimate of drug-likeness (QED) is 0.151. The van der Waals surface area contributed by atoms with Crippen molar-refractivity contribution in [2.75, 3.05) is 6.61 Å². The maximum atomic E-state index is 10.2. The van der Waals surface area contributed by atoms with Gasteiger partial charge in [0.25, 0.3) is 0 Å². The Morgan fingerprint density at radius 2 is 1.65 bits per heavy atom. The molecule has 0 heterocycles. The minimum atomic E-state index is -4.80. The summed E-state index contributed by atoms with van der Waals surface area (Å²) in [7, 11) is -4.80. The zero-order valence-electron chi connectivity index (χ0n) is 9.95. The van der Waals surface area contributed by atoms with Crippen LogP contribution in [0.15, 0.2) is 0 Å². The molecule has 0 saturated carbocycles. The Hall–Kier alpha value is 0.620. The van der Waals surface area contributed by atoms with Gasteiger partial charge in [0.1, 0.15) is 24.4 Å². The van der Waals surface area contributed by atoms with Crippen molar-refractivity contribution < 1.29 is 75.1 Å². The van der Waals surface area contributed by atoms with Crippen LogP contribution in [-0.2, 0) is 13.9 Å². The maximum absolute atomic E-state index is 10.2. The topological polar surface area (TPSA) is 165 Å². The van der Waals surface area contributed by atoms with E-state index < -0.39 is 38.8 Å². The van der Waals surface area contributed by atoms with Crippen molar-refractivity contribution >= 4 is 14.1 Å². The van der Waals surface area contributed by atoms with Gasteiger partial charge in [-0.1, -0.05) is 0 Å². The predicted molar refractivity (Wildman–Crippen MR) is 49.2 cm³/mol. The third-order valence-electron chi connectivity index (χ3n) is 1.65. The normalized spacial score (nSPS) is 18.7. The molecule has 0 spiro atoms. The van der Waals surface area contributed by atoms with Crippen LogP contribution in [0.3, 0.4) is 0 Å². The van der Waals surface area contributed by atoms with Gasteiger partial charge in [-0.2, -0.15) is 0 Å². The summed E-state index contributed by atoms with van der Waals surface area (Å²) in [5.74, 6) is 0. The molecule has 0 aromatic heterocycles. The fraction of sp³-hybridized carbons (Fsp3) is 0.833. The van der Waals surface area contributed by atoms with Gasteiger partial charge in [0.2, 0.25) is 0 Å². The van der Waals surface area contributed by atoms with Gasteiger partial charge in [-0.05, 0) is 0 Å². The van der Waals surface area contributed by atoms with E-state index in [1.807, 2.05) is 0 Å². The average Bonchev–Trinajstić information content (AvgIpc) is 2.21. The third-order valence-corrected chi connectivity index (χ3v) is 2.13. The molecular formula is C6H14NaO9P. The van der Waals surface area contributed by atoms with Gasteiger partial charge in [-0.3, -0.25) is 4.52 Å². The Morgan fingerprint density at radius 1 is 1.18 bits per heavy atom. The molecule has 0 fully saturated rings. The summed E-state index contributed by atoms with van der Waals surface area (Å²) in [5.41, 5.74) is 0.